The van der Waals surface area contributed by atoms with Crippen LogP contribution in [0.15, 0.2) is 66.2 Å². The fourth-order valence-electron chi connectivity index (χ4n) is 2.75. The van der Waals surface area contributed by atoms with Gasteiger partial charge in [-0.15, -0.1) is 0 Å². The summed E-state index contributed by atoms with van der Waals surface area (Å²) in [5, 5.41) is 12.3. The van der Waals surface area contributed by atoms with Crippen molar-refractivity contribution in [3.05, 3.63) is 93.6 Å². The maximum Gasteiger partial charge on any atom is 0.266 e. The van der Waals surface area contributed by atoms with Gasteiger partial charge in [-0.2, -0.15) is 5.26 Å². The molecule has 156 valence electrons. The Labute approximate surface area is 222 Å². The van der Waals surface area contributed by atoms with Crippen molar-refractivity contribution in [2.45, 2.75) is 13.5 Å². The van der Waals surface area contributed by atoms with E-state index >= 15 is 0 Å². The average molecular weight is 746 g/mol. The first-order valence-corrected chi connectivity index (χ1v) is 12.5. The van der Waals surface area contributed by atoms with Gasteiger partial charge in [0.1, 0.15) is 24.0 Å². The van der Waals surface area contributed by atoms with Gasteiger partial charge < -0.3 is 10.1 Å². The van der Waals surface area contributed by atoms with Crippen LogP contribution in [0.25, 0.3) is 6.08 Å². The van der Waals surface area contributed by atoms with Crippen molar-refractivity contribution in [3.8, 4) is 11.8 Å². The van der Waals surface area contributed by atoms with E-state index in [0.717, 1.165) is 29.6 Å². The third-order valence-electron chi connectivity index (χ3n) is 4.39. The largest absolute Gasteiger partial charge is 0.487 e. The molecule has 7 heteroatoms. The maximum atomic E-state index is 12.6. The van der Waals surface area contributed by atoms with Crippen LogP contribution in [0.3, 0.4) is 0 Å². The maximum absolute atomic E-state index is 12.6. The summed E-state index contributed by atoms with van der Waals surface area (Å²) in [4.78, 5) is 12.6. The molecule has 0 heterocycles. The van der Waals surface area contributed by atoms with Crippen LogP contribution < -0.4 is 10.1 Å². The molecule has 0 radical (unpaired) electrons. The molecule has 3 aromatic rings. The number of para-hydroxylation sites is 1. The van der Waals surface area contributed by atoms with Gasteiger partial charge in [0.15, 0.2) is 0 Å². The lowest BCUT2D eigenvalue weighted by Crippen LogP contribution is -2.14. The molecule has 31 heavy (non-hydrogen) atoms. The molecule has 0 saturated carbocycles. The molecule has 0 spiro atoms. The number of nitriles is 1. The summed E-state index contributed by atoms with van der Waals surface area (Å²) < 4.78 is 9.05. The van der Waals surface area contributed by atoms with Crippen LogP contribution in [0.5, 0.6) is 5.75 Å². The van der Waals surface area contributed by atoms with Crippen LogP contribution >= 0.6 is 67.8 Å². The van der Waals surface area contributed by atoms with Crippen LogP contribution in [0, 0.1) is 29.0 Å². The lowest BCUT2D eigenvalue weighted by molar-refractivity contribution is -0.112. The summed E-state index contributed by atoms with van der Waals surface area (Å²) in [6, 6.07) is 21.5. The lowest BCUT2D eigenvalue weighted by atomic mass is 10.1. The van der Waals surface area contributed by atoms with Gasteiger partial charge in [0, 0.05) is 9.26 Å². The Bertz CT molecular complexity index is 1160. The zero-order chi connectivity index (χ0) is 22.4. The van der Waals surface area contributed by atoms with Gasteiger partial charge in [0.05, 0.1) is 7.14 Å². The molecular formula is C24H17I3N2O2. The van der Waals surface area contributed by atoms with Gasteiger partial charge in [-0.05, 0) is 128 Å². The molecule has 0 fully saturated rings. The van der Waals surface area contributed by atoms with Crippen LogP contribution in [0.2, 0.25) is 0 Å². The van der Waals surface area contributed by atoms with E-state index in [2.05, 4.69) is 85.2 Å². The molecule has 3 aromatic carbocycles. The molecule has 0 bridgehead atoms. The summed E-state index contributed by atoms with van der Waals surface area (Å²) in [5.74, 6) is 0.362. The molecule has 4 nitrogen and oxygen atoms in total. The van der Waals surface area contributed by atoms with Crippen LogP contribution in [-0.4, -0.2) is 5.91 Å². The SMILES string of the molecule is Cc1ccccc1NC(=O)/C(C#N)=C\c1cc(I)c(OCc2ccc(I)cc2)c(I)c1. The standard InChI is InChI=1S/C24H17I3N2O2/c1-15-4-2-3-5-22(15)29-24(30)18(13-28)10-17-11-20(26)23(21(27)12-17)31-14-16-6-8-19(25)9-7-16/h2-12H,14H2,1H3,(H,29,30)/b18-10-. The summed E-state index contributed by atoms with van der Waals surface area (Å²) in [5.41, 5.74) is 3.54. The Balaban J connectivity index is 1.78. The zero-order valence-electron chi connectivity index (χ0n) is 16.5. The number of rotatable bonds is 6. The van der Waals surface area contributed by atoms with Gasteiger partial charge >= 0.3 is 0 Å². The Hall–Kier alpha value is -1.65. The second kappa shape index (κ2) is 11.3. The number of hydrogen-bond donors (Lipinski definition) is 1. The first kappa shape index (κ1) is 24.0. The van der Waals surface area contributed by atoms with Crippen molar-refractivity contribution in [1.82, 2.24) is 0 Å². The highest BCUT2D eigenvalue weighted by Gasteiger charge is 2.13. The second-order valence-corrected chi connectivity index (χ2v) is 10.2. The van der Waals surface area contributed by atoms with Gasteiger partial charge in [0.25, 0.3) is 5.91 Å². The van der Waals surface area contributed by atoms with E-state index in [0.29, 0.717) is 12.3 Å². The van der Waals surface area contributed by atoms with Gasteiger partial charge in [0.2, 0.25) is 0 Å². The fraction of sp³-hybridized carbons (Fsp3) is 0.0833. The van der Waals surface area contributed by atoms with Crippen molar-refractivity contribution in [3.63, 3.8) is 0 Å². The number of ether oxygens (including phenoxy) is 1. The highest BCUT2D eigenvalue weighted by Crippen LogP contribution is 2.30. The highest BCUT2D eigenvalue weighted by molar-refractivity contribution is 14.1. The van der Waals surface area contributed by atoms with Crippen molar-refractivity contribution < 1.29 is 9.53 Å². The predicted octanol–water partition coefficient (Wildman–Crippen LogP) is 6.93. The van der Waals surface area contributed by atoms with Crippen LogP contribution in [0.1, 0.15) is 16.7 Å². The average Bonchev–Trinajstić information content (AvgIpc) is 2.74. The molecule has 0 unspecified atom stereocenters. The van der Waals surface area contributed by atoms with E-state index in [-0.39, 0.29) is 5.57 Å². The van der Waals surface area contributed by atoms with Gasteiger partial charge in [-0.1, -0.05) is 30.3 Å². The van der Waals surface area contributed by atoms with Crippen molar-refractivity contribution >= 4 is 85.4 Å². The molecule has 0 aliphatic carbocycles. The molecule has 0 atom stereocenters. The number of nitrogens with one attached hydrogen (secondary N) is 1. The third kappa shape index (κ3) is 6.66. The quantitative estimate of drug-likeness (QED) is 0.169. The summed E-state index contributed by atoms with van der Waals surface area (Å²) in [6.07, 6.45) is 1.60. The van der Waals surface area contributed by atoms with E-state index < -0.39 is 5.91 Å². The molecular weight excluding hydrogens is 729 g/mol. The number of benzene rings is 3. The Morgan fingerprint density at radius 3 is 2.32 bits per heavy atom. The smallest absolute Gasteiger partial charge is 0.266 e. The molecule has 0 saturated heterocycles. The second-order valence-electron chi connectivity index (χ2n) is 6.67. The van der Waals surface area contributed by atoms with E-state index in [1.54, 1.807) is 6.08 Å². The number of carbonyl (C=O) groups excluding carboxylic acids is 1. The Morgan fingerprint density at radius 2 is 1.71 bits per heavy atom. The molecule has 0 aliphatic rings. The molecule has 3 rings (SSSR count). The van der Waals surface area contributed by atoms with E-state index in [4.69, 9.17) is 4.74 Å². The molecule has 1 amide bonds. The molecule has 0 aliphatic heterocycles. The number of halogens is 3. The van der Waals surface area contributed by atoms with E-state index in [1.807, 2.05) is 61.5 Å². The number of hydrogen-bond acceptors (Lipinski definition) is 3. The molecule has 0 aromatic heterocycles. The number of amides is 1. The highest BCUT2D eigenvalue weighted by atomic mass is 127. The number of nitrogens with zero attached hydrogens (tertiary/aromatic N) is 1. The minimum absolute atomic E-state index is 0.0439. The van der Waals surface area contributed by atoms with Gasteiger partial charge in [-0.3, -0.25) is 4.79 Å². The van der Waals surface area contributed by atoms with Crippen molar-refractivity contribution in [2.75, 3.05) is 5.32 Å². The topological polar surface area (TPSA) is 62.1 Å². The van der Waals surface area contributed by atoms with Crippen LogP contribution in [-0.2, 0) is 11.4 Å². The monoisotopic (exact) mass is 746 g/mol. The zero-order valence-corrected chi connectivity index (χ0v) is 22.9. The first-order valence-electron chi connectivity index (χ1n) is 9.22. The summed E-state index contributed by atoms with van der Waals surface area (Å²) in [7, 11) is 0. The minimum atomic E-state index is -0.430. The third-order valence-corrected chi connectivity index (χ3v) is 6.71. The van der Waals surface area contributed by atoms with Crippen molar-refractivity contribution in [2.24, 2.45) is 0 Å². The normalized spacial score (nSPS) is 11.0. The first-order chi connectivity index (χ1) is 14.9. The number of aryl methyl sites for hydroxylation is 1. The summed E-state index contributed by atoms with van der Waals surface area (Å²) in [6.45, 7) is 2.38. The minimum Gasteiger partial charge on any atom is -0.487 e. The lowest BCUT2D eigenvalue weighted by Gasteiger charge is -2.12. The summed E-state index contributed by atoms with van der Waals surface area (Å²) >= 11 is 6.71. The van der Waals surface area contributed by atoms with E-state index in [1.165, 1.54) is 3.57 Å². The molecule has 1 N–H and O–H groups in total. The Kier molecular flexibility index (Phi) is 8.74. The number of carbonyl (C=O) groups is 1. The van der Waals surface area contributed by atoms with Crippen molar-refractivity contribution in [1.29, 1.82) is 5.26 Å². The number of anilines is 1. The van der Waals surface area contributed by atoms with E-state index in [9.17, 15) is 10.1 Å². The Morgan fingerprint density at radius 1 is 1.06 bits per heavy atom. The van der Waals surface area contributed by atoms with Gasteiger partial charge in [-0.25, -0.2) is 0 Å². The predicted molar refractivity (Wildman–Crippen MR) is 149 cm³/mol. The fourth-order valence-corrected chi connectivity index (χ4v) is 5.24. The van der Waals surface area contributed by atoms with Crippen LogP contribution in [0.4, 0.5) is 5.69 Å².